The van der Waals surface area contributed by atoms with Crippen molar-refractivity contribution >= 4 is 6.09 Å². The number of amides is 1. The molecule has 1 aliphatic heterocycles. The Bertz CT molecular complexity index is 957. The molecule has 3 aromatic rings. The summed E-state index contributed by atoms with van der Waals surface area (Å²) in [5, 5.41) is 0. The van der Waals surface area contributed by atoms with Gasteiger partial charge in [-0.3, -0.25) is 0 Å². The quantitative estimate of drug-likeness (QED) is 0.470. The van der Waals surface area contributed by atoms with Gasteiger partial charge in [-0.2, -0.15) is 0 Å². The topological polar surface area (TPSA) is 57.2 Å². The van der Waals surface area contributed by atoms with E-state index in [4.69, 9.17) is 18.9 Å². The largest absolute Gasteiger partial charge is 0.492 e. The van der Waals surface area contributed by atoms with Crippen molar-refractivity contribution in [3.8, 4) is 5.75 Å². The molecule has 0 N–H and O–H groups in total. The fourth-order valence-electron chi connectivity index (χ4n) is 3.90. The molecule has 1 amide bonds. The molecule has 1 saturated heterocycles. The fraction of sp³-hybridized carbons (Fsp3) is 0.296. The van der Waals surface area contributed by atoms with Crippen molar-refractivity contribution in [2.75, 3.05) is 32.9 Å². The third-order valence-electron chi connectivity index (χ3n) is 5.44. The van der Waals surface area contributed by atoms with Crippen molar-refractivity contribution in [1.82, 2.24) is 4.90 Å². The van der Waals surface area contributed by atoms with Crippen molar-refractivity contribution in [2.24, 2.45) is 0 Å². The third kappa shape index (κ3) is 5.53. The summed E-state index contributed by atoms with van der Waals surface area (Å²) in [6.07, 6.45) is -0.721. The summed E-state index contributed by atoms with van der Waals surface area (Å²) in [4.78, 5) is 14.2. The molecule has 1 aliphatic rings. The molecule has 172 valence electrons. The van der Waals surface area contributed by atoms with E-state index in [1.807, 2.05) is 91.0 Å². The predicted octanol–water partition coefficient (Wildman–Crippen LogP) is 4.84. The van der Waals surface area contributed by atoms with Gasteiger partial charge in [-0.25, -0.2) is 4.79 Å². The van der Waals surface area contributed by atoms with E-state index in [9.17, 15) is 4.79 Å². The second kappa shape index (κ2) is 11.0. The lowest BCUT2D eigenvalue weighted by molar-refractivity contribution is -0.144. The van der Waals surface area contributed by atoms with Crippen LogP contribution in [-0.2, 0) is 20.0 Å². The van der Waals surface area contributed by atoms with E-state index < -0.39 is 11.9 Å². The van der Waals surface area contributed by atoms with Crippen molar-refractivity contribution in [3.05, 3.63) is 102 Å². The van der Waals surface area contributed by atoms with Crippen molar-refractivity contribution in [1.29, 1.82) is 0 Å². The number of carbonyl (C=O) groups is 1. The van der Waals surface area contributed by atoms with Crippen LogP contribution in [0.2, 0.25) is 0 Å². The molecule has 3 aromatic carbocycles. The van der Waals surface area contributed by atoms with Gasteiger partial charge in [0.15, 0.2) is 0 Å². The molecular weight excluding hydrogens is 418 g/mol. The zero-order valence-corrected chi connectivity index (χ0v) is 18.8. The maximum atomic E-state index is 12.6. The summed E-state index contributed by atoms with van der Waals surface area (Å²) in [7, 11) is 0. The predicted molar refractivity (Wildman–Crippen MR) is 125 cm³/mol. The molecule has 33 heavy (non-hydrogen) atoms. The molecule has 1 atom stereocenters. The number of hydrogen-bond donors (Lipinski definition) is 0. The monoisotopic (exact) mass is 447 g/mol. The van der Waals surface area contributed by atoms with Crippen LogP contribution in [0.3, 0.4) is 0 Å². The smallest absolute Gasteiger partial charge is 0.409 e. The summed E-state index contributed by atoms with van der Waals surface area (Å²) in [6, 6.07) is 29.3. The molecule has 0 aromatic heterocycles. The zero-order chi connectivity index (χ0) is 22.9. The Balaban J connectivity index is 1.48. The van der Waals surface area contributed by atoms with E-state index in [-0.39, 0.29) is 6.10 Å². The molecule has 4 rings (SSSR count). The highest BCUT2D eigenvalue weighted by Gasteiger charge is 2.45. The number of rotatable bonds is 9. The maximum absolute atomic E-state index is 12.6. The minimum Gasteiger partial charge on any atom is -0.492 e. The highest BCUT2D eigenvalue weighted by atomic mass is 16.7. The summed E-state index contributed by atoms with van der Waals surface area (Å²) in [5.41, 5.74) is 1.82. The minimum absolute atomic E-state index is 0.300. The van der Waals surface area contributed by atoms with Gasteiger partial charge in [0.1, 0.15) is 18.5 Å². The lowest BCUT2D eigenvalue weighted by Gasteiger charge is -2.30. The summed E-state index contributed by atoms with van der Waals surface area (Å²) < 4.78 is 23.9. The van der Waals surface area contributed by atoms with Gasteiger partial charge in [0.05, 0.1) is 26.3 Å². The van der Waals surface area contributed by atoms with Gasteiger partial charge in [-0.05, 0) is 19.1 Å². The van der Waals surface area contributed by atoms with E-state index in [1.54, 1.807) is 11.8 Å². The Hall–Kier alpha value is -3.35. The van der Waals surface area contributed by atoms with E-state index in [2.05, 4.69) is 0 Å². The molecule has 1 unspecified atom stereocenters. The Morgan fingerprint density at radius 3 is 2.09 bits per heavy atom. The Morgan fingerprint density at radius 1 is 0.939 bits per heavy atom. The summed E-state index contributed by atoms with van der Waals surface area (Å²) in [6.45, 7) is 3.49. The second-order valence-corrected chi connectivity index (χ2v) is 7.71. The molecular formula is C27H29NO5. The Labute approximate surface area is 194 Å². The van der Waals surface area contributed by atoms with Gasteiger partial charge in [0.2, 0.25) is 5.79 Å². The van der Waals surface area contributed by atoms with Gasteiger partial charge in [-0.15, -0.1) is 0 Å². The number of hydrogen-bond acceptors (Lipinski definition) is 5. The van der Waals surface area contributed by atoms with Crippen molar-refractivity contribution in [2.45, 2.75) is 18.8 Å². The number of benzene rings is 3. The van der Waals surface area contributed by atoms with Crippen LogP contribution in [0.25, 0.3) is 0 Å². The molecule has 0 bridgehead atoms. The minimum atomic E-state index is -1.02. The number of para-hydroxylation sites is 1. The highest BCUT2D eigenvalue weighted by molar-refractivity contribution is 5.67. The average Bonchev–Trinajstić information content (AvgIpc) is 3.30. The fourth-order valence-corrected chi connectivity index (χ4v) is 3.90. The molecule has 0 saturated carbocycles. The van der Waals surface area contributed by atoms with Crippen molar-refractivity contribution in [3.63, 3.8) is 0 Å². The van der Waals surface area contributed by atoms with E-state index >= 15 is 0 Å². The van der Waals surface area contributed by atoms with E-state index in [0.717, 1.165) is 16.9 Å². The van der Waals surface area contributed by atoms with Crippen LogP contribution in [0.5, 0.6) is 5.75 Å². The highest BCUT2D eigenvalue weighted by Crippen LogP contribution is 2.40. The van der Waals surface area contributed by atoms with Crippen LogP contribution in [0, 0.1) is 0 Å². The SMILES string of the molecule is CCOC(=O)N(CCOc1ccccc1)CC1COC(c2ccccc2)(c2ccccc2)O1. The molecule has 0 aliphatic carbocycles. The molecule has 0 spiro atoms. The maximum Gasteiger partial charge on any atom is 0.409 e. The normalized spacial score (nSPS) is 16.8. The van der Waals surface area contributed by atoms with Gasteiger partial charge in [-0.1, -0.05) is 78.9 Å². The summed E-state index contributed by atoms with van der Waals surface area (Å²) >= 11 is 0. The standard InChI is InChI=1S/C27H29NO5/c1-2-30-26(29)28(18-19-31-24-16-10-5-11-17-24)20-25-21-32-27(33-25,22-12-6-3-7-13-22)23-14-8-4-9-15-23/h3-17,25H,2,18-21H2,1H3. The first-order valence-electron chi connectivity index (χ1n) is 11.2. The molecule has 1 heterocycles. The lowest BCUT2D eigenvalue weighted by Crippen LogP contribution is -2.42. The first-order valence-corrected chi connectivity index (χ1v) is 11.2. The van der Waals surface area contributed by atoms with Gasteiger partial charge < -0.3 is 23.8 Å². The third-order valence-corrected chi connectivity index (χ3v) is 5.44. The molecule has 0 radical (unpaired) electrons. The van der Waals surface area contributed by atoms with Crippen LogP contribution in [0.4, 0.5) is 4.79 Å². The van der Waals surface area contributed by atoms with Crippen LogP contribution in [-0.4, -0.2) is 50.0 Å². The zero-order valence-electron chi connectivity index (χ0n) is 18.8. The van der Waals surface area contributed by atoms with Gasteiger partial charge in [0.25, 0.3) is 0 Å². The average molecular weight is 448 g/mol. The number of nitrogens with zero attached hydrogens (tertiary/aromatic N) is 1. The van der Waals surface area contributed by atoms with Crippen molar-refractivity contribution < 1.29 is 23.7 Å². The van der Waals surface area contributed by atoms with Crippen LogP contribution in [0.15, 0.2) is 91.0 Å². The van der Waals surface area contributed by atoms with Crippen LogP contribution < -0.4 is 4.74 Å². The second-order valence-electron chi connectivity index (χ2n) is 7.71. The Morgan fingerprint density at radius 2 is 1.52 bits per heavy atom. The van der Waals surface area contributed by atoms with Gasteiger partial charge in [0, 0.05) is 11.1 Å². The first kappa shape index (κ1) is 22.8. The molecule has 6 nitrogen and oxygen atoms in total. The van der Waals surface area contributed by atoms with E-state index in [0.29, 0.717) is 32.9 Å². The lowest BCUT2D eigenvalue weighted by atomic mass is 9.97. The van der Waals surface area contributed by atoms with Gasteiger partial charge >= 0.3 is 6.09 Å². The number of ether oxygens (including phenoxy) is 4. The Kier molecular flexibility index (Phi) is 7.60. The molecule has 1 fully saturated rings. The number of carbonyl (C=O) groups excluding carboxylic acids is 1. The molecule has 6 heteroatoms. The van der Waals surface area contributed by atoms with E-state index in [1.165, 1.54) is 0 Å². The summed E-state index contributed by atoms with van der Waals surface area (Å²) in [5.74, 6) is -0.262. The van der Waals surface area contributed by atoms with Crippen LogP contribution >= 0.6 is 0 Å². The van der Waals surface area contributed by atoms with Crippen LogP contribution in [0.1, 0.15) is 18.1 Å². The first-order chi connectivity index (χ1) is 16.2.